The molecule has 102 valence electrons. The number of nitrogens with two attached hydrogens (primary N) is 1. The monoisotopic (exact) mass is 252 g/mol. The van der Waals surface area contributed by atoms with Gasteiger partial charge in [0.2, 0.25) is 0 Å². The van der Waals surface area contributed by atoms with Crippen LogP contribution in [-0.2, 0) is 0 Å². The molecule has 0 saturated heterocycles. The summed E-state index contributed by atoms with van der Waals surface area (Å²) in [7, 11) is 3.30. The first kappa shape index (κ1) is 14.8. The molecule has 0 saturated carbocycles. The van der Waals surface area contributed by atoms with Crippen LogP contribution in [0.15, 0.2) is 12.1 Å². The van der Waals surface area contributed by atoms with Crippen LogP contribution < -0.4 is 20.5 Å². The van der Waals surface area contributed by atoms with Gasteiger partial charge in [-0.05, 0) is 18.6 Å². The minimum absolute atomic E-state index is 0.0896. The maximum absolute atomic E-state index is 6.23. The minimum Gasteiger partial charge on any atom is -0.497 e. The SMILES string of the molecule is COc1cc(C)c(C(N)CNC(C)C)c(OC)c1. The van der Waals surface area contributed by atoms with Gasteiger partial charge < -0.3 is 20.5 Å². The quantitative estimate of drug-likeness (QED) is 0.813. The van der Waals surface area contributed by atoms with E-state index in [1.165, 1.54) is 0 Å². The molecule has 0 radical (unpaired) electrons. The minimum atomic E-state index is -0.0896. The number of ether oxygens (including phenoxy) is 2. The zero-order valence-electron chi connectivity index (χ0n) is 11.9. The second-order valence-electron chi connectivity index (χ2n) is 4.73. The summed E-state index contributed by atoms with van der Waals surface area (Å²) in [5.74, 6) is 1.57. The molecule has 0 aliphatic rings. The molecule has 1 aromatic carbocycles. The van der Waals surface area contributed by atoms with E-state index < -0.39 is 0 Å². The number of methoxy groups -OCH3 is 2. The van der Waals surface area contributed by atoms with E-state index in [4.69, 9.17) is 15.2 Å². The van der Waals surface area contributed by atoms with Gasteiger partial charge in [-0.2, -0.15) is 0 Å². The normalized spacial score (nSPS) is 12.6. The van der Waals surface area contributed by atoms with Gasteiger partial charge in [0.15, 0.2) is 0 Å². The van der Waals surface area contributed by atoms with Gasteiger partial charge in [0.05, 0.1) is 14.2 Å². The summed E-state index contributed by atoms with van der Waals surface area (Å²) in [6, 6.07) is 4.18. The number of hydrogen-bond acceptors (Lipinski definition) is 4. The molecule has 3 N–H and O–H groups in total. The van der Waals surface area contributed by atoms with Crippen molar-refractivity contribution in [3.05, 3.63) is 23.3 Å². The number of nitrogens with one attached hydrogen (secondary N) is 1. The number of rotatable bonds is 6. The molecule has 0 aromatic heterocycles. The first-order valence-electron chi connectivity index (χ1n) is 6.21. The van der Waals surface area contributed by atoms with Crippen LogP contribution in [-0.4, -0.2) is 26.8 Å². The van der Waals surface area contributed by atoms with E-state index in [0.717, 1.165) is 29.2 Å². The summed E-state index contributed by atoms with van der Waals surface area (Å²) >= 11 is 0. The highest BCUT2D eigenvalue weighted by atomic mass is 16.5. The molecule has 1 atom stereocenters. The van der Waals surface area contributed by atoms with E-state index in [1.807, 2.05) is 19.1 Å². The molecule has 0 fully saturated rings. The van der Waals surface area contributed by atoms with Crippen LogP contribution in [0.3, 0.4) is 0 Å². The Hall–Kier alpha value is -1.26. The van der Waals surface area contributed by atoms with Crippen molar-refractivity contribution in [3.63, 3.8) is 0 Å². The van der Waals surface area contributed by atoms with E-state index in [2.05, 4.69) is 19.2 Å². The molecule has 0 heterocycles. The van der Waals surface area contributed by atoms with Crippen LogP contribution in [0.5, 0.6) is 11.5 Å². The largest absolute Gasteiger partial charge is 0.497 e. The molecule has 1 rings (SSSR count). The molecule has 4 nitrogen and oxygen atoms in total. The Kier molecular flexibility index (Phi) is 5.44. The predicted molar refractivity (Wildman–Crippen MR) is 74.4 cm³/mol. The third-order valence-electron chi connectivity index (χ3n) is 2.89. The molecule has 0 bridgehead atoms. The van der Waals surface area contributed by atoms with Crippen LogP contribution in [0.1, 0.15) is 31.0 Å². The average Bonchev–Trinajstić information content (AvgIpc) is 2.34. The fraction of sp³-hybridized carbons (Fsp3) is 0.571. The Morgan fingerprint density at radius 1 is 1.22 bits per heavy atom. The zero-order chi connectivity index (χ0) is 13.7. The third-order valence-corrected chi connectivity index (χ3v) is 2.89. The summed E-state index contributed by atoms with van der Waals surface area (Å²) in [5, 5.41) is 3.34. The van der Waals surface area contributed by atoms with E-state index >= 15 is 0 Å². The average molecular weight is 252 g/mol. The van der Waals surface area contributed by atoms with Gasteiger partial charge in [-0.3, -0.25) is 0 Å². The highest BCUT2D eigenvalue weighted by Crippen LogP contribution is 2.31. The number of benzene rings is 1. The van der Waals surface area contributed by atoms with Crippen molar-refractivity contribution in [2.45, 2.75) is 32.9 Å². The molecule has 0 amide bonds. The van der Waals surface area contributed by atoms with Crippen molar-refractivity contribution in [1.82, 2.24) is 5.32 Å². The van der Waals surface area contributed by atoms with Gasteiger partial charge in [0, 0.05) is 30.3 Å². The Labute approximate surface area is 109 Å². The summed E-state index contributed by atoms with van der Waals surface area (Å²) in [6.07, 6.45) is 0. The van der Waals surface area contributed by atoms with Crippen molar-refractivity contribution in [2.75, 3.05) is 20.8 Å². The van der Waals surface area contributed by atoms with Crippen LogP contribution in [0.2, 0.25) is 0 Å². The molecule has 0 spiro atoms. The highest BCUT2D eigenvalue weighted by molar-refractivity contribution is 5.47. The van der Waals surface area contributed by atoms with Crippen molar-refractivity contribution >= 4 is 0 Å². The Morgan fingerprint density at radius 3 is 2.39 bits per heavy atom. The maximum atomic E-state index is 6.23. The van der Waals surface area contributed by atoms with Gasteiger partial charge in [-0.25, -0.2) is 0 Å². The predicted octanol–water partition coefficient (Wildman–Crippen LogP) is 2.01. The van der Waals surface area contributed by atoms with E-state index in [0.29, 0.717) is 6.04 Å². The summed E-state index contributed by atoms with van der Waals surface area (Å²) in [5.41, 5.74) is 8.35. The molecular formula is C14H24N2O2. The molecule has 18 heavy (non-hydrogen) atoms. The zero-order valence-corrected chi connectivity index (χ0v) is 11.9. The fourth-order valence-electron chi connectivity index (χ4n) is 1.96. The topological polar surface area (TPSA) is 56.5 Å². The molecular weight excluding hydrogens is 228 g/mol. The molecule has 4 heteroatoms. The fourth-order valence-corrected chi connectivity index (χ4v) is 1.96. The van der Waals surface area contributed by atoms with E-state index in [1.54, 1.807) is 14.2 Å². The second kappa shape index (κ2) is 6.61. The Balaban J connectivity index is 2.99. The lowest BCUT2D eigenvalue weighted by atomic mass is 10.00. The number of hydrogen-bond donors (Lipinski definition) is 2. The molecule has 0 aliphatic heterocycles. The third kappa shape index (κ3) is 3.62. The summed E-state index contributed by atoms with van der Waals surface area (Å²) < 4.78 is 10.6. The lowest BCUT2D eigenvalue weighted by molar-refractivity contribution is 0.386. The van der Waals surface area contributed by atoms with Gasteiger partial charge in [-0.1, -0.05) is 13.8 Å². The van der Waals surface area contributed by atoms with Crippen molar-refractivity contribution in [2.24, 2.45) is 5.73 Å². The van der Waals surface area contributed by atoms with Gasteiger partial charge in [0.25, 0.3) is 0 Å². The molecule has 1 unspecified atom stereocenters. The first-order chi connectivity index (χ1) is 8.49. The first-order valence-corrected chi connectivity index (χ1v) is 6.21. The van der Waals surface area contributed by atoms with E-state index in [-0.39, 0.29) is 6.04 Å². The lowest BCUT2D eigenvalue weighted by Gasteiger charge is -2.20. The van der Waals surface area contributed by atoms with Crippen LogP contribution in [0.4, 0.5) is 0 Å². The summed E-state index contributed by atoms with van der Waals surface area (Å²) in [4.78, 5) is 0. The van der Waals surface area contributed by atoms with Crippen LogP contribution in [0.25, 0.3) is 0 Å². The van der Waals surface area contributed by atoms with Gasteiger partial charge in [0.1, 0.15) is 11.5 Å². The highest BCUT2D eigenvalue weighted by Gasteiger charge is 2.16. The van der Waals surface area contributed by atoms with Crippen molar-refractivity contribution in [1.29, 1.82) is 0 Å². The number of aryl methyl sites for hydroxylation is 1. The van der Waals surface area contributed by atoms with Crippen LogP contribution in [0, 0.1) is 6.92 Å². The lowest BCUT2D eigenvalue weighted by Crippen LogP contribution is -2.32. The maximum Gasteiger partial charge on any atom is 0.127 e. The molecule has 0 aliphatic carbocycles. The smallest absolute Gasteiger partial charge is 0.127 e. The Morgan fingerprint density at radius 2 is 1.89 bits per heavy atom. The Bertz CT molecular complexity index is 392. The standard InChI is InChI=1S/C14H24N2O2/c1-9(2)16-8-12(15)14-10(3)6-11(17-4)7-13(14)18-5/h6-7,9,12,16H,8,15H2,1-5H3. The van der Waals surface area contributed by atoms with E-state index in [9.17, 15) is 0 Å². The van der Waals surface area contributed by atoms with Gasteiger partial charge >= 0.3 is 0 Å². The van der Waals surface area contributed by atoms with Crippen molar-refractivity contribution < 1.29 is 9.47 Å². The van der Waals surface area contributed by atoms with Gasteiger partial charge in [-0.15, -0.1) is 0 Å². The van der Waals surface area contributed by atoms with Crippen molar-refractivity contribution in [3.8, 4) is 11.5 Å². The second-order valence-corrected chi connectivity index (χ2v) is 4.73. The summed E-state index contributed by atoms with van der Waals surface area (Å²) in [6.45, 7) is 6.95. The molecule has 1 aromatic rings. The van der Waals surface area contributed by atoms with Crippen LogP contribution >= 0.6 is 0 Å².